The van der Waals surface area contributed by atoms with Crippen molar-refractivity contribution in [2.75, 3.05) is 33.0 Å². The van der Waals surface area contributed by atoms with Crippen LogP contribution in [0.3, 0.4) is 0 Å². The highest BCUT2D eigenvalue weighted by Gasteiger charge is 2.70. The minimum atomic E-state index is -1.93. The van der Waals surface area contributed by atoms with E-state index in [-0.39, 0.29) is 40.9 Å². The molecule has 0 aromatic heterocycles. The number of allylic oxidation sites excluding steroid dienone is 1. The maximum Gasteiger partial charge on any atom is 0.187 e. The normalized spacial score (nSPS) is 51.8. The number of rotatable bonds is 20. The molecule has 0 amide bonds. The molecule has 3 unspecified atom stereocenters. The number of ether oxygens (including phenoxy) is 10. The van der Waals surface area contributed by atoms with Crippen molar-refractivity contribution in [2.45, 2.75) is 285 Å². The Kier molecular flexibility index (Phi) is 22.3. The van der Waals surface area contributed by atoms with Gasteiger partial charge in [0.1, 0.15) is 110 Å². The van der Waals surface area contributed by atoms with E-state index in [0.717, 1.165) is 18.4 Å². The lowest BCUT2D eigenvalue weighted by atomic mass is 9.38. The first-order valence-electron chi connectivity index (χ1n) is 31.9. The summed E-state index contributed by atoms with van der Waals surface area (Å²) in [6, 6.07) is 0. The van der Waals surface area contributed by atoms with Crippen molar-refractivity contribution in [2.24, 2.45) is 51.2 Å². The summed E-state index contributed by atoms with van der Waals surface area (Å²) in [4.78, 5) is 0. The second-order valence-electron chi connectivity index (χ2n) is 29.1. The van der Waals surface area contributed by atoms with Crippen molar-refractivity contribution in [3.63, 3.8) is 0 Å². The molecule has 5 saturated heterocycles. The molecule has 0 aromatic carbocycles. The SMILES string of the molecule is C[C@@H]1[C@@H](O)[C@H](OC[C@H]2O[C@@H](O[C@H](CC[C@@H](C)C3CC[C@@]4(C)C5CC=C6C(CC[C@H](O[C@@H]7O[C@H](CO[C@H]8O[C@H](CO)[C@@H](O)[C@H](O)[C@H]8O)[C@@H](O)[C@H](O)[C@H]7O)C6(C)C)[C@]5(C)[C@H](O)C[C@]34C)C(C)(C)O)[C@H](O[C@H]3O[C@@H](CO)[C@H](O)[C@@H](O)[C@@H]3O)[C@@H](O)[C@@H]2O)O[C@H](CO)[C@H]1O. The number of aliphatic hydroxyl groups excluding tert-OH is 17. The van der Waals surface area contributed by atoms with Gasteiger partial charge in [-0.05, 0) is 99.7 Å². The summed E-state index contributed by atoms with van der Waals surface area (Å²) in [5.41, 5.74) is -2.40. The summed E-state index contributed by atoms with van der Waals surface area (Å²) in [5.74, 6) is -0.760. The van der Waals surface area contributed by atoms with Gasteiger partial charge in [-0.2, -0.15) is 0 Å². The van der Waals surface area contributed by atoms with E-state index in [1.165, 1.54) is 20.8 Å². The average Bonchev–Trinajstić information content (AvgIpc) is 1.66. The maximum absolute atomic E-state index is 12.8. The molecule has 9 rings (SSSR count). The molecule has 89 heavy (non-hydrogen) atoms. The third-order valence-corrected chi connectivity index (χ3v) is 23.3. The van der Waals surface area contributed by atoms with Crippen LogP contribution in [-0.2, 0) is 47.4 Å². The Labute approximate surface area is 518 Å². The maximum atomic E-state index is 12.8. The molecule has 18 N–H and O–H groups in total. The molecule has 0 spiro atoms. The van der Waals surface area contributed by atoms with E-state index in [2.05, 4.69) is 33.8 Å². The van der Waals surface area contributed by atoms with Crippen LogP contribution in [0.4, 0.5) is 0 Å². The van der Waals surface area contributed by atoms with Crippen molar-refractivity contribution >= 4 is 0 Å². The topological polar surface area (TPSA) is 456 Å². The van der Waals surface area contributed by atoms with Crippen molar-refractivity contribution in [3.05, 3.63) is 11.6 Å². The van der Waals surface area contributed by atoms with Crippen LogP contribution in [0.15, 0.2) is 11.6 Å². The van der Waals surface area contributed by atoms with E-state index in [1.807, 2.05) is 13.8 Å². The minimum absolute atomic E-state index is 0.0171. The summed E-state index contributed by atoms with van der Waals surface area (Å²) in [6.45, 7) is 14.5. The lowest BCUT2D eigenvalue weighted by Gasteiger charge is -2.67. The molecule has 0 bridgehead atoms. The van der Waals surface area contributed by atoms with Crippen LogP contribution in [0.25, 0.3) is 0 Å². The van der Waals surface area contributed by atoms with Gasteiger partial charge in [0.15, 0.2) is 31.5 Å². The highest BCUT2D eigenvalue weighted by molar-refractivity contribution is 5.32. The summed E-state index contributed by atoms with van der Waals surface area (Å²) >= 11 is 0. The Bertz CT molecular complexity index is 2340. The molecule has 28 nitrogen and oxygen atoms in total. The number of hydrogen-bond acceptors (Lipinski definition) is 28. The lowest BCUT2D eigenvalue weighted by molar-refractivity contribution is -0.380. The molecule has 35 atom stereocenters. The third-order valence-electron chi connectivity index (χ3n) is 23.3. The molecule has 5 aliphatic heterocycles. The molecule has 4 aliphatic carbocycles. The molecule has 8 fully saturated rings. The largest absolute Gasteiger partial charge is 0.394 e. The molecule has 0 radical (unpaired) electrons. The van der Waals surface area contributed by atoms with Crippen LogP contribution >= 0.6 is 0 Å². The summed E-state index contributed by atoms with van der Waals surface area (Å²) in [7, 11) is 0. The first-order valence-corrected chi connectivity index (χ1v) is 31.9. The van der Waals surface area contributed by atoms with Gasteiger partial charge in [-0.3, -0.25) is 0 Å². The van der Waals surface area contributed by atoms with E-state index in [1.54, 1.807) is 0 Å². The Hall–Kier alpha value is -1.38. The molecule has 5 heterocycles. The fraction of sp³-hybridized carbons (Fsp3) is 0.967. The summed E-state index contributed by atoms with van der Waals surface area (Å²) in [5, 5.41) is 195. The highest BCUT2D eigenvalue weighted by atomic mass is 16.8. The standard InChI is InChI=1S/C61H104O28/c1-24(10-14-37(58(5,6)79)88-56-51(89-55-50(78)45(73)41(69)31(21-64)84-55)47(75)43(71)33(86-56)23-80-52-39(67)25(2)38(66)29(19-62)82-52)26-16-17-59(7)34-13-11-27-28(61(34,9)35(65)18-60(26,59)8)12-15-36(57(27,3)4)87-54-49(77)46(74)42(70)32(85-54)22-81-53-48(76)44(72)40(68)30(20-63)83-53/h11,24-26,28-56,62-79H,10,12-23H2,1-9H3/t24-,25+,26?,28?,29-,30-,31+,32-,33-,34?,35-,36+,37-,38+,39-,40-,41+,42-,43-,44+,45-,46+,47+,48-,49-,50+,51-,52-,53+,54+,55-,56+,59+,60-,61+/m1/s1. The number of aliphatic hydroxyl groups is 18. The van der Waals surface area contributed by atoms with Gasteiger partial charge in [0, 0.05) is 16.7 Å². The Morgan fingerprint density at radius 1 is 0.539 bits per heavy atom. The van der Waals surface area contributed by atoms with E-state index in [4.69, 9.17) is 47.4 Å². The van der Waals surface area contributed by atoms with Gasteiger partial charge in [-0.25, -0.2) is 0 Å². The van der Waals surface area contributed by atoms with E-state index >= 15 is 0 Å². The zero-order chi connectivity index (χ0) is 65.5. The monoisotopic (exact) mass is 1280 g/mol. The van der Waals surface area contributed by atoms with Crippen molar-refractivity contribution < 1.29 is 139 Å². The van der Waals surface area contributed by atoms with Gasteiger partial charge >= 0.3 is 0 Å². The smallest absolute Gasteiger partial charge is 0.187 e. The predicted molar refractivity (Wildman–Crippen MR) is 303 cm³/mol. The van der Waals surface area contributed by atoms with Gasteiger partial charge in [0.2, 0.25) is 0 Å². The number of hydrogen-bond donors (Lipinski definition) is 18. The summed E-state index contributed by atoms with van der Waals surface area (Å²) < 4.78 is 59.8. The fourth-order valence-corrected chi connectivity index (χ4v) is 17.2. The first kappa shape index (κ1) is 71.9. The van der Waals surface area contributed by atoms with Gasteiger partial charge in [0.05, 0.1) is 63.1 Å². The van der Waals surface area contributed by atoms with Gasteiger partial charge in [-0.1, -0.05) is 60.1 Å². The molecule has 3 saturated carbocycles. The summed E-state index contributed by atoms with van der Waals surface area (Å²) in [6.07, 6.45) is -33.6. The molecule has 28 heteroatoms. The zero-order valence-corrected chi connectivity index (χ0v) is 52.4. The molecule has 516 valence electrons. The average molecular weight is 1290 g/mol. The van der Waals surface area contributed by atoms with Crippen LogP contribution in [0.1, 0.15) is 114 Å². The first-order chi connectivity index (χ1) is 41.6. The number of fused-ring (bicyclic) bond motifs is 5. The second kappa shape index (κ2) is 27.6. The van der Waals surface area contributed by atoms with E-state index in [9.17, 15) is 91.9 Å². The van der Waals surface area contributed by atoms with Gasteiger partial charge in [0.25, 0.3) is 0 Å². The predicted octanol–water partition coefficient (Wildman–Crippen LogP) is -4.13. The quantitative estimate of drug-likeness (QED) is 0.0515. The minimum Gasteiger partial charge on any atom is -0.394 e. The van der Waals surface area contributed by atoms with Crippen molar-refractivity contribution in [1.29, 1.82) is 0 Å². The highest BCUT2D eigenvalue weighted by Crippen LogP contribution is 2.75. The third kappa shape index (κ3) is 13.1. The van der Waals surface area contributed by atoms with Crippen molar-refractivity contribution in [1.82, 2.24) is 0 Å². The van der Waals surface area contributed by atoms with Crippen LogP contribution in [-0.4, -0.2) is 296 Å². The van der Waals surface area contributed by atoms with Crippen LogP contribution in [0.5, 0.6) is 0 Å². The van der Waals surface area contributed by atoms with Crippen LogP contribution in [0, 0.1) is 51.2 Å². The van der Waals surface area contributed by atoms with Crippen LogP contribution in [0.2, 0.25) is 0 Å². The Balaban J connectivity index is 0.883. The van der Waals surface area contributed by atoms with E-state index < -0.39 is 221 Å². The Morgan fingerprint density at radius 2 is 1.01 bits per heavy atom. The van der Waals surface area contributed by atoms with Gasteiger partial charge in [-0.15, -0.1) is 0 Å². The zero-order valence-electron chi connectivity index (χ0n) is 52.4. The Morgan fingerprint density at radius 3 is 1.56 bits per heavy atom. The lowest BCUT2D eigenvalue weighted by Crippen LogP contribution is -2.65. The molecule has 9 aliphatic rings. The second-order valence-corrected chi connectivity index (χ2v) is 29.1. The fourth-order valence-electron chi connectivity index (χ4n) is 17.2. The van der Waals surface area contributed by atoms with Gasteiger partial charge < -0.3 is 139 Å². The molecular formula is C61H104O28. The van der Waals surface area contributed by atoms with E-state index in [0.29, 0.717) is 32.1 Å². The molecule has 0 aromatic rings. The van der Waals surface area contributed by atoms with Crippen molar-refractivity contribution in [3.8, 4) is 0 Å². The molecular weight excluding hydrogens is 1180 g/mol. The van der Waals surface area contributed by atoms with Crippen LogP contribution < -0.4 is 0 Å².